The molecule has 0 fully saturated rings. The number of likely N-dealkylation sites (N-methyl/N-ethyl adjacent to an activating group) is 1. The third-order valence-corrected chi connectivity index (χ3v) is 4.57. The molecule has 0 aliphatic carbocycles. The minimum atomic E-state index is -0.293. The van der Waals surface area contributed by atoms with Crippen LogP contribution in [-0.2, 0) is 17.8 Å². The van der Waals surface area contributed by atoms with Gasteiger partial charge in [0.15, 0.2) is 0 Å². The van der Waals surface area contributed by atoms with E-state index in [0.717, 1.165) is 0 Å². The van der Waals surface area contributed by atoms with Gasteiger partial charge in [-0.2, -0.15) is 5.10 Å². The van der Waals surface area contributed by atoms with Crippen LogP contribution in [0.15, 0.2) is 58.1 Å². The van der Waals surface area contributed by atoms with Gasteiger partial charge in [-0.1, -0.05) is 30.3 Å². The van der Waals surface area contributed by atoms with Crippen molar-refractivity contribution in [1.29, 1.82) is 0 Å². The van der Waals surface area contributed by atoms with Crippen LogP contribution in [0.3, 0.4) is 0 Å². The van der Waals surface area contributed by atoms with E-state index < -0.39 is 0 Å². The fraction of sp³-hybridized carbons (Fsp3) is 0.150. The first-order valence-corrected chi connectivity index (χ1v) is 8.71. The molecular weight excluding hydrogens is 358 g/mol. The predicted molar refractivity (Wildman–Crippen MR) is 105 cm³/mol. The average molecular weight is 375 g/mol. The summed E-state index contributed by atoms with van der Waals surface area (Å²) in [6.07, 6.45) is 0.0195. The van der Waals surface area contributed by atoms with Crippen LogP contribution in [0.1, 0.15) is 11.5 Å². The highest BCUT2D eigenvalue weighted by atomic mass is 16.2. The molecule has 0 saturated carbocycles. The smallest absolute Gasteiger partial charge is 0.272 e. The Morgan fingerprint density at radius 3 is 2.43 bits per heavy atom. The van der Waals surface area contributed by atoms with Crippen molar-refractivity contribution in [2.24, 2.45) is 0 Å². The second-order valence-corrected chi connectivity index (χ2v) is 6.50. The Labute approximate surface area is 158 Å². The van der Waals surface area contributed by atoms with Crippen LogP contribution < -0.4 is 11.1 Å². The number of para-hydroxylation sites is 1. The van der Waals surface area contributed by atoms with E-state index in [-0.39, 0.29) is 30.0 Å². The minimum absolute atomic E-state index is 0.0195. The number of amides is 1. The maximum atomic E-state index is 12.7. The number of aromatic amines is 2. The first kappa shape index (κ1) is 17.6. The molecule has 28 heavy (non-hydrogen) atoms. The van der Waals surface area contributed by atoms with Gasteiger partial charge in [-0.25, -0.2) is 10.1 Å². The van der Waals surface area contributed by atoms with Gasteiger partial charge in [-0.05, 0) is 18.2 Å². The molecular formula is C20H17N5O3. The van der Waals surface area contributed by atoms with Crippen LogP contribution in [0.5, 0.6) is 0 Å². The molecule has 0 unspecified atom stereocenters. The number of nitrogens with one attached hydrogen (secondary N) is 2. The molecule has 8 nitrogen and oxygen atoms in total. The molecule has 1 amide bonds. The summed E-state index contributed by atoms with van der Waals surface area (Å²) in [6.45, 7) is 0.153. The molecule has 2 aromatic carbocycles. The summed E-state index contributed by atoms with van der Waals surface area (Å²) < 4.78 is 0. The van der Waals surface area contributed by atoms with Crippen LogP contribution in [0.25, 0.3) is 21.7 Å². The molecule has 2 N–H and O–H groups in total. The monoisotopic (exact) mass is 375 g/mol. The number of hydrogen-bond donors (Lipinski definition) is 2. The van der Waals surface area contributed by atoms with Crippen LogP contribution in [0.2, 0.25) is 0 Å². The van der Waals surface area contributed by atoms with Crippen molar-refractivity contribution < 1.29 is 4.79 Å². The van der Waals surface area contributed by atoms with Gasteiger partial charge in [0.05, 0.1) is 34.9 Å². The largest absolute Gasteiger partial charge is 0.338 e. The lowest BCUT2D eigenvalue weighted by molar-refractivity contribution is -0.129. The van der Waals surface area contributed by atoms with E-state index in [2.05, 4.69) is 20.2 Å². The van der Waals surface area contributed by atoms with Crippen molar-refractivity contribution in [2.45, 2.75) is 13.0 Å². The van der Waals surface area contributed by atoms with Gasteiger partial charge >= 0.3 is 0 Å². The van der Waals surface area contributed by atoms with E-state index in [1.54, 1.807) is 55.6 Å². The first-order chi connectivity index (χ1) is 13.5. The zero-order valence-electron chi connectivity index (χ0n) is 15.1. The van der Waals surface area contributed by atoms with Gasteiger partial charge in [0.25, 0.3) is 11.1 Å². The number of carbonyl (C=O) groups is 1. The Kier molecular flexibility index (Phi) is 4.44. The van der Waals surface area contributed by atoms with E-state index in [1.165, 1.54) is 4.90 Å². The lowest BCUT2D eigenvalue weighted by Gasteiger charge is -2.17. The number of H-pyrrole nitrogens is 2. The molecule has 0 atom stereocenters. The van der Waals surface area contributed by atoms with Gasteiger partial charge in [0.2, 0.25) is 5.91 Å². The summed E-state index contributed by atoms with van der Waals surface area (Å²) in [4.78, 5) is 45.3. The van der Waals surface area contributed by atoms with E-state index in [1.807, 2.05) is 0 Å². The topological polar surface area (TPSA) is 112 Å². The number of rotatable bonds is 4. The van der Waals surface area contributed by atoms with Crippen molar-refractivity contribution in [2.75, 3.05) is 7.05 Å². The summed E-state index contributed by atoms with van der Waals surface area (Å²) in [6, 6.07) is 14.1. The van der Waals surface area contributed by atoms with E-state index in [0.29, 0.717) is 33.2 Å². The zero-order valence-corrected chi connectivity index (χ0v) is 15.1. The second kappa shape index (κ2) is 7.07. The molecule has 4 rings (SSSR count). The Bertz CT molecular complexity index is 1310. The van der Waals surface area contributed by atoms with Crippen LogP contribution >= 0.6 is 0 Å². The molecule has 0 aliphatic heterocycles. The maximum Gasteiger partial charge on any atom is 0.272 e. The van der Waals surface area contributed by atoms with Crippen molar-refractivity contribution in [3.05, 3.63) is 80.8 Å². The number of aromatic nitrogens is 4. The van der Waals surface area contributed by atoms with Crippen molar-refractivity contribution >= 4 is 27.6 Å². The SMILES string of the molecule is CN(Cc1nc2ccccc2c(=O)[nH]1)C(=O)Cc1n[nH]c(=O)c2ccccc12. The number of benzene rings is 2. The van der Waals surface area contributed by atoms with Gasteiger partial charge in [0, 0.05) is 12.4 Å². The summed E-state index contributed by atoms with van der Waals surface area (Å²) in [5.41, 5.74) is 0.537. The lowest BCUT2D eigenvalue weighted by Crippen LogP contribution is -2.30. The minimum Gasteiger partial charge on any atom is -0.338 e. The summed E-state index contributed by atoms with van der Waals surface area (Å²) in [5, 5.41) is 8.10. The Morgan fingerprint density at radius 2 is 1.64 bits per heavy atom. The van der Waals surface area contributed by atoms with E-state index in [4.69, 9.17) is 0 Å². The number of carbonyl (C=O) groups excluding carboxylic acids is 1. The third kappa shape index (κ3) is 3.27. The molecule has 0 aliphatic rings. The molecule has 0 saturated heterocycles. The molecule has 2 aromatic heterocycles. The number of nitrogens with zero attached hydrogens (tertiary/aromatic N) is 3. The molecule has 140 valence electrons. The van der Waals surface area contributed by atoms with Crippen molar-refractivity contribution in [3.8, 4) is 0 Å². The van der Waals surface area contributed by atoms with Gasteiger partial charge in [-0.3, -0.25) is 14.4 Å². The van der Waals surface area contributed by atoms with Crippen molar-refractivity contribution in [3.63, 3.8) is 0 Å². The zero-order chi connectivity index (χ0) is 19.7. The normalized spacial score (nSPS) is 11.0. The Morgan fingerprint density at radius 1 is 0.964 bits per heavy atom. The second-order valence-electron chi connectivity index (χ2n) is 6.50. The molecule has 8 heteroatoms. The van der Waals surface area contributed by atoms with Crippen LogP contribution in [0, 0.1) is 0 Å². The lowest BCUT2D eigenvalue weighted by atomic mass is 10.1. The summed E-state index contributed by atoms with van der Waals surface area (Å²) in [5.74, 6) is 0.194. The van der Waals surface area contributed by atoms with Crippen molar-refractivity contribution in [1.82, 2.24) is 25.1 Å². The fourth-order valence-electron chi connectivity index (χ4n) is 3.11. The highest BCUT2D eigenvalue weighted by Crippen LogP contribution is 2.14. The third-order valence-electron chi connectivity index (χ3n) is 4.57. The molecule has 0 radical (unpaired) electrons. The maximum absolute atomic E-state index is 12.7. The van der Waals surface area contributed by atoms with Gasteiger partial charge in [-0.15, -0.1) is 0 Å². The quantitative estimate of drug-likeness (QED) is 0.559. The number of fused-ring (bicyclic) bond motifs is 2. The fourth-order valence-corrected chi connectivity index (χ4v) is 3.11. The molecule has 2 heterocycles. The van der Waals surface area contributed by atoms with E-state index >= 15 is 0 Å². The van der Waals surface area contributed by atoms with Gasteiger partial charge in [0.1, 0.15) is 5.82 Å². The van der Waals surface area contributed by atoms with Crippen LogP contribution in [0.4, 0.5) is 0 Å². The molecule has 4 aromatic rings. The van der Waals surface area contributed by atoms with E-state index in [9.17, 15) is 14.4 Å². The predicted octanol–water partition coefficient (Wildman–Crippen LogP) is 1.36. The molecule has 0 spiro atoms. The highest BCUT2D eigenvalue weighted by molar-refractivity contribution is 5.88. The summed E-state index contributed by atoms with van der Waals surface area (Å²) in [7, 11) is 1.63. The highest BCUT2D eigenvalue weighted by Gasteiger charge is 2.16. The average Bonchev–Trinajstić information content (AvgIpc) is 2.70. The summed E-state index contributed by atoms with van der Waals surface area (Å²) >= 11 is 0. The Balaban J connectivity index is 1.57. The van der Waals surface area contributed by atoms with Crippen LogP contribution in [-0.4, -0.2) is 38.0 Å². The standard InChI is InChI=1S/C20H17N5O3/c1-25(11-17-21-15-9-5-4-8-14(15)19(27)22-17)18(26)10-16-12-6-2-3-7-13(12)20(28)24-23-16/h2-9H,10-11H2,1H3,(H,24,28)(H,21,22,27). The first-order valence-electron chi connectivity index (χ1n) is 8.71. The van der Waals surface area contributed by atoms with Gasteiger partial charge < -0.3 is 9.88 Å². The number of hydrogen-bond acceptors (Lipinski definition) is 5. The molecule has 0 bridgehead atoms. The Hall–Kier alpha value is -3.81.